The van der Waals surface area contributed by atoms with Crippen LogP contribution in [0.3, 0.4) is 0 Å². The molecule has 242 valence electrons. The smallest absolute Gasteiger partial charge is 0.0593 e. The number of hydrogen-bond acceptors (Lipinski definition) is 4. The van der Waals surface area contributed by atoms with E-state index in [1.165, 1.54) is 154 Å². The van der Waals surface area contributed by atoms with Gasteiger partial charge in [-0.05, 0) is 19.3 Å². The van der Waals surface area contributed by atoms with Gasteiger partial charge in [0.1, 0.15) is 0 Å². The van der Waals surface area contributed by atoms with Gasteiger partial charge in [0.2, 0.25) is 0 Å². The van der Waals surface area contributed by atoms with Crippen molar-refractivity contribution >= 4 is 0 Å². The number of ether oxygens (including phenoxy) is 3. The molecule has 0 spiro atoms. The van der Waals surface area contributed by atoms with Gasteiger partial charge in [-0.3, -0.25) is 4.90 Å². The summed E-state index contributed by atoms with van der Waals surface area (Å²) in [6.07, 6.45) is 32.5. The lowest BCUT2D eigenvalue weighted by atomic mass is 10.1. The lowest BCUT2D eigenvalue weighted by Gasteiger charge is -2.22. The highest BCUT2D eigenvalue weighted by molar-refractivity contribution is 4.58. The molecule has 0 saturated carbocycles. The summed E-state index contributed by atoms with van der Waals surface area (Å²) in [6, 6.07) is 0. The molecule has 0 aliphatic heterocycles. The Bertz CT molecular complexity index is 372. The zero-order chi connectivity index (χ0) is 29.0. The van der Waals surface area contributed by atoms with E-state index in [1.807, 2.05) is 0 Å². The van der Waals surface area contributed by atoms with Crippen LogP contribution in [-0.4, -0.2) is 64.2 Å². The molecular weight excluding hydrogens is 494 g/mol. The van der Waals surface area contributed by atoms with Crippen LogP contribution in [-0.2, 0) is 14.2 Å². The van der Waals surface area contributed by atoms with Crippen LogP contribution in [0.25, 0.3) is 0 Å². The molecule has 0 rings (SSSR count). The highest BCUT2D eigenvalue weighted by Crippen LogP contribution is 2.10. The van der Waals surface area contributed by atoms with Crippen molar-refractivity contribution < 1.29 is 14.2 Å². The van der Waals surface area contributed by atoms with E-state index in [-0.39, 0.29) is 0 Å². The summed E-state index contributed by atoms with van der Waals surface area (Å²) in [7, 11) is 0. The molecule has 0 amide bonds. The molecule has 4 nitrogen and oxygen atoms in total. The lowest BCUT2D eigenvalue weighted by molar-refractivity contribution is 0.0506. The summed E-state index contributed by atoms with van der Waals surface area (Å²) in [4.78, 5) is 2.48. The fraction of sp³-hybridized carbons (Fsp3) is 1.00. The van der Waals surface area contributed by atoms with Gasteiger partial charge in [-0.15, -0.1) is 0 Å². The van der Waals surface area contributed by atoms with Gasteiger partial charge < -0.3 is 14.2 Å². The third-order valence-electron chi connectivity index (χ3n) is 8.08. The first-order valence-electron chi connectivity index (χ1n) is 18.3. The molecule has 0 aliphatic carbocycles. The van der Waals surface area contributed by atoms with Gasteiger partial charge in [-0.25, -0.2) is 0 Å². The molecule has 0 aromatic rings. The summed E-state index contributed by atoms with van der Waals surface area (Å²) < 4.78 is 18.0. The maximum absolute atomic E-state index is 6.00. The van der Waals surface area contributed by atoms with Gasteiger partial charge in [0.25, 0.3) is 0 Å². The number of unbranched alkanes of at least 4 members (excludes halogenated alkanes) is 21. The Balaban J connectivity index is 3.89. The second-order valence-corrected chi connectivity index (χ2v) is 12.1. The summed E-state index contributed by atoms with van der Waals surface area (Å²) in [5.41, 5.74) is 0. The topological polar surface area (TPSA) is 30.9 Å². The zero-order valence-corrected chi connectivity index (χ0v) is 28.0. The van der Waals surface area contributed by atoms with Crippen LogP contribution >= 0.6 is 0 Å². The standard InChI is InChI=1S/C36H75NO3/c1-4-7-10-13-16-19-22-25-31-38-34-28-37(29-35-39-32-26-23-20-17-14-11-8-5-2)30-36-40-33-27-24-21-18-15-12-9-6-3/h4-36H2,1-3H3. The van der Waals surface area contributed by atoms with Crippen molar-refractivity contribution in [3.05, 3.63) is 0 Å². The molecule has 0 radical (unpaired) electrons. The molecule has 0 bridgehead atoms. The van der Waals surface area contributed by atoms with E-state index in [9.17, 15) is 0 Å². The zero-order valence-electron chi connectivity index (χ0n) is 28.0. The molecule has 0 fully saturated rings. The van der Waals surface area contributed by atoms with E-state index in [4.69, 9.17) is 14.2 Å². The molecule has 0 N–H and O–H groups in total. The van der Waals surface area contributed by atoms with Crippen molar-refractivity contribution in [2.75, 3.05) is 59.3 Å². The van der Waals surface area contributed by atoms with E-state index in [1.54, 1.807) is 0 Å². The maximum atomic E-state index is 6.00. The Labute approximate surface area is 253 Å². The summed E-state index contributed by atoms with van der Waals surface area (Å²) in [6.45, 7) is 15.0. The molecule has 40 heavy (non-hydrogen) atoms. The lowest BCUT2D eigenvalue weighted by Crippen LogP contribution is -2.34. The number of hydrogen-bond donors (Lipinski definition) is 0. The van der Waals surface area contributed by atoms with Gasteiger partial charge in [0.05, 0.1) is 19.8 Å². The van der Waals surface area contributed by atoms with Crippen LogP contribution in [0, 0.1) is 0 Å². The van der Waals surface area contributed by atoms with E-state index < -0.39 is 0 Å². The largest absolute Gasteiger partial charge is 0.380 e. The van der Waals surface area contributed by atoms with Crippen molar-refractivity contribution in [3.8, 4) is 0 Å². The molecule has 0 atom stereocenters. The molecule has 0 aromatic heterocycles. The van der Waals surface area contributed by atoms with Crippen molar-refractivity contribution in [3.63, 3.8) is 0 Å². The molecule has 0 heterocycles. The summed E-state index contributed by atoms with van der Waals surface area (Å²) in [5.74, 6) is 0. The van der Waals surface area contributed by atoms with Crippen LogP contribution in [0.4, 0.5) is 0 Å². The first kappa shape index (κ1) is 39.8. The first-order valence-corrected chi connectivity index (χ1v) is 18.3. The van der Waals surface area contributed by atoms with Gasteiger partial charge in [0, 0.05) is 39.5 Å². The minimum atomic E-state index is 0.826. The SMILES string of the molecule is CCCCCCCCCCOCCN(CCOCCCCCCCCCC)CCOCCCCCCCCCC. The Morgan fingerprint density at radius 2 is 0.500 bits per heavy atom. The summed E-state index contributed by atoms with van der Waals surface area (Å²) in [5, 5.41) is 0. The highest BCUT2D eigenvalue weighted by Gasteiger charge is 2.06. The fourth-order valence-electron chi connectivity index (χ4n) is 5.24. The Morgan fingerprint density at radius 1 is 0.275 bits per heavy atom. The molecule has 0 aliphatic rings. The van der Waals surface area contributed by atoms with E-state index >= 15 is 0 Å². The van der Waals surface area contributed by atoms with Gasteiger partial charge in [-0.2, -0.15) is 0 Å². The number of rotatable bonds is 36. The minimum Gasteiger partial charge on any atom is -0.380 e. The van der Waals surface area contributed by atoms with Gasteiger partial charge >= 0.3 is 0 Å². The number of nitrogens with zero attached hydrogens (tertiary/aromatic N) is 1. The van der Waals surface area contributed by atoms with Gasteiger partial charge in [-0.1, -0.05) is 156 Å². The minimum absolute atomic E-state index is 0.826. The van der Waals surface area contributed by atoms with Crippen LogP contribution in [0.2, 0.25) is 0 Å². The Kier molecular flexibility index (Phi) is 36.7. The average Bonchev–Trinajstić information content (AvgIpc) is 2.97. The van der Waals surface area contributed by atoms with E-state index in [2.05, 4.69) is 25.7 Å². The Hall–Kier alpha value is -0.160. The van der Waals surface area contributed by atoms with Crippen LogP contribution in [0.1, 0.15) is 175 Å². The molecule has 0 saturated heterocycles. The molecule has 0 unspecified atom stereocenters. The van der Waals surface area contributed by atoms with Gasteiger partial charge in [0.15, 0.2) is 0 Å². The van der Waals surface area contributed by atoms with Crippen molar-refractivity contribution in [1.82, 2.24) is 4.90 Å². The average molecular weight is 570 g/mol. The third-order valence-corrected chi connectivity index (χ3v) is 8.08. The normalized spacial score (nSPS) is 11.7. The fourth-order valence-corrected chi connectivity index (χ4v) is 5.24. The molecular formula is C36H75NO3. The predicted octanol–water partition coefficient (Wildman–Crippen LogP) is 10.8. The van der Waals surface area contributed by atoms with Crippen molar-refractivity contribution in [1.29, 1.82) is 0 Å². The predicted molar refractivity (Wildman–Crippen MR) is 177 cm³/mol. The highest BCUT2D eigenvalue weighted by atomic mass is 16.5. The Morgan fingerprint density at radius 3 is 0.750 bits per heavy atom. The molecule has 4 heteroatoms. The van der Waals surface area contributed by atoms with Crippen LogP contribution in [0.15, 0.2) is 0 Å². The summed E-state index contributed by atoms with van der Waals surface area (Å²) >= 11 is 0. The van der Waals surface area contributed by atoms with Crippen molar-refractivity contribution in [2.45, 2.75) is 175 Å². The van der Waals surface area contributed by atoms with E-state index in [0.717, 1.165) is 59.3 Å². The van der Waals surface area contributed by atoms with Crippen molar-refractivity contribution in [2.24, 2.45) is 0 Å². The first-order chi connectivity index (χ1) is 19.8. The quantitative estimate of drug-likeness (QED) is 0.0702. The van der Waals surface area contributed by atoms with E-state index in [0.29, 0.717) is 0 Å². The van der Waals surface area contributed by atoms with Crippen LogP contribution in [0.5, 0.6) is 0 Å². The maximum Gasteiger partial charge on any atom is 0.0593 e. The second-order valence-electron chi connectivity index (χ2n) is 12.1. The second kappa shape index (κ2) is 36.9. The monoisotopic (exact) mass is 570 g/mol. The molecule has 0 aromatic carbocycles. The van der Waals surface area contributed by atoms with Crippen LogP contribution < -0.4 is 0 Å². The third kappa shape index (κ3) is 34.0.